The lowest BCUT2D eigenvalue weighted by Gasteiger charge is -2.29. The lowest BCUT2D eigenvalue weighted by Crippen LogP contribution is -2.02. The summed E-state index contributed by atoms with van der Waals surface area (Å²) in [4.78, 5) is 11.1. The van der Waals surface area contributed by atoms with Crippen molar-refractivity contribution in [1.82, 2.24) is 0 Å². The van der Waals surface area contributed by atoms with E-state index in [0.717, 1.165) is 87.9 Å². The molecule has 0 saturated carbocycles. The molecule has 11 aromatic carbocycles. The predicted molar refractivity (Wildman–Crippen MR) is 312 cm³/mol. The standard InChI is InChI=1S/C68H48N2S2/c71-61-27-15-13-25-59(61)69-45-47-29-33-49(34-30-47)51-37-41-57(42-38-51)67-65(55-21-9-3-10-22-55)63(53-17-5-1-6-18-53)64(54-19-7-2-8-20-54)66(56-23-11-4-12-24-56)68(67)58-43-39-52(40-44-58)50-35-31-48(32-36-50)46-70-60-26-14-16-28-62(60)72/h1-46,71-72H. The van der Waals surface area contributed by atoms with Crippen molar-refractivity contribution < 1.29 is 0 Å². The molecule has 11 rings (SSSR count). The maximum absolute atomic E-state index is 4.71. The molecule has 0 atom stereocenters. The summed E-state index contributed by atoms with van der Waals surface area (Å²) in [6, 6.07) is 94.9. The zero-order valence-electron chi connectivity index (χ0n) is 39.3. The molecule has 0 radical (unpaired) electrons. The second kappa shape index (κ2) is 21.2. The van der Waals surface area contributed by atoms with Gasteiger partial charge in [-0.3, -0.25) is 9.98 Å². The highest BCUT2D eigenvalue weighted by atomic mass is 32.1. The van der Waals surface area contributed by atoms with Gasteiger partial charge in [0, 0.05) is 22.2 Å². The topological polar surface area (TPSA) is 24.7 Å². The van der Waals surface area contributed by atoms with Crippen LogP contribution in [0.3, 0.4) is 0 Å². The molecule has 0 aliphatic heterocycles. The van der Waals surface area contributed by atoms with Crippen molar-refractivity contribution >= 4 is 49.1 Å². The zero-order chi connectivity index (χ0) is 48.6. The van der Waals surface area contributed by atoms with Gasteiger partial charge in [-0.15, -0.1) is 25.3 Å². The summed E-state index contributed by atoms with van der Waals surface area (Å²) >= 11 is 9.17. The first-order valence-electron chi connectivity index (χ1n) is 24.1. The van der Waals surface area contributed by atoms with Crippen LogP contribution in [0, 0.1) is 0 Å². The van der Waals surface area contributed by atoms with Gasteiger partial charge in [0.05, 0.1) is 11.4 Å². The molecule has 0 aromatic heterocycles. The van der Waals surface area contributed by atoms with Crippen molar-refractivity contribution in [3.05, 3.63) is 278 Å². The van der Waals surface area contributed by atoms with Gasteiger partial charge in [-0.1, -0.05) is 243 Å². The van der Waals surface area contributed by atoms with Crippen molar-refractivity contribution in [2.24, 2.45) is 9.98 Å². The van der Waals surface area contributed by atoms with Gasteiger partial charge in [-0.25, -0.2) is 0 Å². The van der Waals surface area contributed by atoms with Crippen LogP contribution in [0.5, 0.6) is 0 Å². The molecule has 0 saturated heterocycles. The van der Waals surface area contributed by atoms with Gasteiger partial charge in [0.1, 0.15) is 0 Å². The Hall–Kier alpha value is -8.54. The summed E-state index contributed by atoms with van der Waals surface area (Å²) in [6.07, 6.45) is 3.79. The van der Waals surface area contributed by atoms with Crippen LogP contribution in [0.25, 0.3) is 89.0 Å². The van der Waals surface area contributed by atoms with Crippen LogP contribution in [0.2, 0.25) is 0 Å². The first-order chi connectivity index (χ1) is 35.6. The van der Waals surface area contributed by atoms with Crippen molar-refractivity contribution in [1.29, 1.82) is 0 Å². The van der Waals surface area contributed by atoms with Crippen molar-refractivity contribution in [3.8, 4) is 89.0 Å². The van der Waals surface area contributed by atoms with E-state index in [1.54, 1.807) is 0 Å². The number of aliphatic imine (C=N–C) groups is 2. The molecule has 0 unspecified atom stereocenters. The summed E-state index contributed by atoms with van der Waals surface area (Å²) in [7, 11) is 0. The number of hydrogen-bond donors (Lipinski definition) is 2. The number of para-hydroxylation sites is 2. The Kier molecular flexibility index (Phi) is 13.5. The average molecular weight is 957 g/mol. The van der Waals surface area contributed by atoms with Crippen LogP contribution >= 0.6 is 25.3 Å². The number of rotatable bonds is 12. The summed E-state index contributed by atoms with van der Waals surface area (Å²) in [6.45, 7) is 0. The van der Waals surface area contributed by atoms with Gasteiger partial charge in [0.2, 0.25) is 0 Å². The fourth-order valence-electron chi connectivity index (χ4n) is 9.52. The summed E-state index contributed by atoms with van der Waals surface area (Å²) in [5.41, 5.74) is 22.1. The van der Waals surface area contributed by atoms with Crippen molar-refractivity contribution in [2.45, 2.75) is 9.79 Å². The minimum absolute atomic E-state index is 0.845. The van der Waals surface area contributed by atoms with Gasteiger partial charge in [-0.05, 0) is 124 Å². The number of benzene rings is 11. The molecule has 4 heteroatoms. The lowest BCUT2D eigenvalue weighted by atomic mass is 9.74. The Bertz CT molecular complexity index is 3440. The molecule has 2 nitrogen and oxygen atoms in total. The number of nitrogens with zero attached hydrogens (tertiary/aromatic N) is 2. The molecular formula is C68H48N2S2. The molecular weight excluding hydrogens is 909 g/mol. The van der Waals surface area contributed by atoms with E-state index >= 15 is 0 Å². The van der Waals surface area contributed by atoms with E-state index in [9.17, 15) is 0 Å². The Morgan fingerprint density at radius 3 is 0.681 bits per heavy atom. The van der Waals surface area contributed by atoms with E-state index in [1.807, 2.05) is 61.0 Å². The maximum atomic E-state index is 4.71. The molecule has 342 valence electrons. The van der Waals surface area contributed by atoms with Crippen LogP contribution in [-0.4, -0.2) is 12.4 Å². The van der Waals surface area contributed by atoms with Crippen LogP contribution < -0.4 is 0 Å². The SMILES string of the molecule is Sc1ccccc1N=Cc1ccc(-c2ccc(-c3c(-c4ccccc4)c(-c4ccccc4)c(-c4ccccc4)c(-c4ccccc4)c3-c3ccc(-c4ccc(C=Nc5ccccc5S)cc4)cc3)cc2)cc1. The van der Waals surface area contributed by atoms with Crippen LogP contribution in [0.1, 0.15) is 11.1 Å². The van der Waals surface area contributed by atoms with Crippen LogP contribution in [0.15, 0.2) is 287 Å². The highest BCUT2D eigenvalue weighted by Crippen LogP contribution is 2.56. The molecule has 0 heterocycles. The summed E-state index contributed by atoms with van der Waals surface area (Å²) in [5.74, 6) is 0. The molecule has 0 aliphatic carbocycles. The number of thiol groups is 2. The van der Waals surface area contributed by atoms with Crippen LogP contribution in [-0.2, 0) is 0 Å². The van der Waals surface area contributed by atoms with Gasteiger partial charge in [0.25, 0.3) is 0 Å². The average Bonchev–Trinajstić information content (AvgIpc) is 3.45. The molecule has 0 spiro atoms. The molecule has 0 aliphatic rings. The fraction of sp³-hybridized carbons (Fsp3) is 0. The highest BCUT2D eigenvalue weighted by molar-refractivity contribution is 7.80. The molecule has 0 amide bonds. The first-order valence-corrected chi connectivity index (χ1v) is 25.0. The third-order valence-electron chi connectivity index (χ3n) is 13.1. The lowest BCUT2D eigenvalue weighted by molar-refractivity contribution is 1.39. The Morgan fingerprint density at radius 1 is 0.208 bits per heavy atom. The normalized spacial score (nSPS) is 11.4. The first kappa shape index (κ1) is 45.9. The fourth-order valence-corrected chi connectivity index (χ4v) is 9.95. The largest absolute Gasteiger partial charge is 0.255 e. The predicted octanol–water partition coefficient (Wildman–Crippen LogP) is 19.1. The van der Waals surface area contributed by atoms with E-state index in [-0.39, 0.29) is 0 Å². The Morgan fingerprint density at radius 2 is 0.417 bits per heavy atom. The van der Waals surface area contributed by atoms with Crippen molar-refractivity contribution in [3.63, 3.8) is 0 Å². The molecule has 72 heavy (non-hydrogen) atoms. The summed E-state index contributed by atoms with van der Waals surface area (Å²) in [5, 5.41) is 0. The molecule has 0 fully saturated rings. The monoisotopic (exact) mass is 956 g/mol. The Balaban J connectivity index is 1.11. The van der Waals surface area contributed by atoms with E-state index in [0.29, 0.717) is 0 Å². The minimum Gasteiger partial charge on any atom is -0.255 e. The third-order valence-corrected chi connectivity index (χ3v) is 13.8. The van der Waals surface area contributed by atoms with Gasteiger partial charge in [0.15, 0.2) is 0 Å². The zero-order valence-corrected chi connectivity index (χ0v) is 41.1. The molecule has 11 aromatic rings. The molecule has 0 N–H and O–H groups in total. The van der Waals surface area contributed by atoms with Gasteiger partial charge in [-0.2, -0.15) is 0 Å². The highest BCUT2D eigenvalue weighted by Gasteiger charge is 2.29. The van der Waals surface area contributed by atoms with Gasteiger partial charge >= 0.3 is 0 Å². The van der Waals surface area contributed by atoms with E-state index in [4.69, 9.17) is 9.98 Å². The van der Waals surface area contributed by atoms with Crippen molar-refractivity contribution in [2.75, 3.05) is 0 Å². The smallest absolute Gasteiger partial charge is 0.0763 e. The summed E-state index contributed by atoms with van der Waals surface area (Å²) < 4.78 is 0. The quantitative estimate of drug-likeness (QED) is 0.0901. The maximum Gasteiger partial charge on any atom is 0.0763 e. The molecule has 0 bridgehead atoms. The number of hydrogen-bond acceptors (Lipinski definition) is 4. The van der Waals surface area contributed by atoms with E-state index in [1.165, 1.54) is 33.4 Å². The van der Waals surface area contributed by atoms with E-state index in [2.05, 4.69) is 244 Å². The second-order valence-corrected chi connectivity index (χ2v) is 18.6. The van der Waals surface area contributed by atoms with E-state index < -0.39 is 0 Å². The second-order valence-electron chi connectivity index (χ2n) is 17.6. The Labute approximate surface area is 433 Å². The van der Waals surface area contributed by atoms with Gasteiger partial charge < -0.3 is 0 Å². The van der Waals surface area contributed by atoms with Crippen LogP contribution in [0.4, 0.5) is 11.4 Å². The third kappa shape index (κ3) is 9.79. The minimum atomic E-state index is 0.845.